The molecule has 0 bridgehead atoms. The molecule has 0 aliphatic rings. The molecule has 0 spiro atoms. The molecule has 0 aliphatic carbocycles. The number of alkyl halides is 5. The number of nitrogens with one attached hydrogen (secondary N) is 1. The molecule has 0 saturated heterocycles. The highest BCUT2D eigenvalue weighted by molar-refractivity contribution is 9.10. The highest BCUT2D eigenvalue weighted by atomic mass is 79.9. The number of fused-ring (bicyclic) bond motifs is 1. The zero-order valence-electron chi connectivity index (χ0n) is 15.5. The second kappa shape index (κ2) is 9.20. The van der Waals surface area contributed by atoms with Gasteiger partial charge in [0.1, 0.15) is 10.6 Å². The number of hydrogen-bond acceptors (Lipinski definition) is 5. The van der Waals surface area contributed by atoms with Gasteiger partial charge < -0.3 is 14.5 Å². The van der Waals surface area contributed by atoms with Gasteiger partial charge in [0, 0.05) is 22.8 Å². The monoisotopic (exact) mass is 575 g/mol. The first kappa shape index (κ1) is 26.4. The second-order valence-corrected chi connectivity index (χ2v) is 11.8. The van der Waals surface area contributed by atoms with Crippen LogP contribution in [-0.4, -0.2) is 37.2 Å². The molecule has 0 unspecified atom stereocenters. The van der Waals surface area contributed by atoms with Crippen LogP contribution in [0.2, 0.25) is 0 Å². The molecule has 0 amide bonds. The Labute approximate surface area is 185 Å². The number of benzene rings is 1. The first-order chi connectivity index (χ1) is 13.9. The summed E-state index contributed by atoms with van der Waals surface area (Å²) in [6, 6.07) is 2.56. The SMILES string of the molecule is CS(=O)(=O)NCc1cc(OCCCC(F)(F)F)c2sc(C(F)(F)P(=O)(O)O)c(Br)c2c1. The van der Waals surface area contributed by atoms with E-state index in [2.05, 4.69) is 20.7 Å². The van der Waals surface area contributed by atoms with Crippen LogP contribution in [0.3, 0.4) is 0 Å². The summed E-state index contributed by atoms with van der Waals surface area (Å²) in [5.74, 6) is -0.122. The molecule has 176 valence electrons. The molecule has 2 aromatic rings. The third kappa shape index (κ3) is 6.83. The van der Waals surface area contributed by atoms with Crippen molar-refractivity contribution in [3.63, 3.8) is 0 Å². The smallest absolute Gasteiger partial charge is 0.400 e. The molecule has 0 saturated carbocycles. The Balaban J connectivity index is 2.52. The number of hydrogen-bond donors (Lipinski definition) is 3. The van der Waals surface area contributed by atoms with Crippen molar-refractivity contribution in [3.05, 3.63) is 27.0 Å². The van der Waals surface area contributed by atoms with Crippen molar-refractivity contribution in [1.29, 1.82) is 0 Å². The minimum atomic E-state index is -5.89. The van der Waals surface area contributed by atoms with E-state index in [-0.39, 0.29) is 32.4 Å². The van der Waals surface area contributed by atoms with Crippen LogP contribution < -0.4 is 9.46 Å². The van der Waals surface area contributed by atoms with E-state index in [0.717, 1.165) is 6.26 Å². The molecule has 31 heavy (non-hydrogen) atoms. The number of rotatable bonds is 9. The van der Waals surface area contributed by atoms with Gasteiger partial charge in [-0.15, -0.1) is 11.3 Å². The molecule has 1 aromatic heterocycles. The van der Waals surface area contributed by atoms with Gasteiger partial charge in [0.05, 0.1) is 17.6 Å². The lowest BCUT2D eigenvalue weighted by Crippen LogP contribution is -2.21. The first-order valence-corrected chi connectivity index (χ1v) is 13.4. The van der Waals surface area contributed by atoms with Crippen LogP contribution >= 0.6 is 34.9 Å². The van der Waals surface area contributed by atoms with Crippen molar-refractivity contribution in [2.24, 2.45) is 0 Å². The zero-order valence-corrected chi connectivity index (χ0v) is 19.7. The number of sulfonamides is 1. The summed E-state index contributed by atoms with van der Waals surface area (Å²) in [5, 5.41) is 0.0340. The minimum Gasteiger partial charge on any atom is -0.492 e. The lowest BCUT2D eigenvalue weighted by Gasteiger charge is -2.16. The quantitative estimate of drug-likeness (QED) is 0.228. The van der Waals surface area contributed by atoms with E-state index in [1.54, 1.807) is 0 Å². The third-order valence-electron chi connectivity index (χ3n) is 3.79. The predicted molar refractivity (Wildman–Crippen MR) is 108 cm³/mol. The summed E-state index contributed by atoms with van der Waals surface area (Å²) in [4.78, 5) is 17.1. The molecule has 0 atom stereocenters. The van der Waals surface area contributed by atoms with Gasteiger partial charge in [-0.1, -0.05) is 0 Å². The third-order valence-corrected chi connectivity index (χ3v) is 7.95. The van der Waals surface area contributed by atoms with E-state index in [9.17, 15) is 34.9 Å². The minimum absolute atomic E-state index is 0.00474. The molecular formula is C15H16BrF5NO6PS2. The highest BCUT2D eigenvalue weighted by Gasteiger charge is 2.53. The molecule has 3 N–H and O–H groups in total. The maximum atomic E-state index is 14.3. The van der Waals surface area contributed by atoms with Gasteiger partial charge in [-0.05, 0) is 40.0 Å². The van der Waals surface area contributed by atoms with Gasteiger partial charge in [-0.2, -0.15) is 22.0 Å². The maximum Gasteiger partial charge on any atom is 0.400 e. The Morgan fingerprint density at radius 1 is 1.23 bits per heavy atom. The average Bonchev–Trinajstić information content (AvgIpc) is 2.92. The zero-order chi connectivity index (χ0) is 23.8. The summed E-state index contributed by atoms with van der Waals surface area (Å²) < 4.78 is 107. The molecule has 0 radical (unpaired) electrons. The average molecular weight is 576 g/mol. The van der Waals surface area contributed by atoms with Crippen LogP contribution in [0, 0.1) is 0 Å². The van der Waals surface area contributed by atoms with Gasteiger partial charge in [0.15, 0.2) is 0 Å². The fourth-order valence-corrected chi connectivity index (χ4v) is 5.80. The Bertz CT molecular complexity index is 1120. The van der Waals surface area contributed by atoms with Crippen LogP contribution in [0.15, 0.2) is 16.6 Å². The Kier molecular flexibility index (Phi) is 7.84. The van der Waals surface area contributed by atoms with Crippen LogP contribution in [-0.2, 0) is 26.8 Å². The van der Waals surface area contributed by atoms with Gasteiger partial charge in [0.2, 0.25) is 10.0 Å². The Morgan fingerprint density at radius 3 is 2.35 bits per heavy atom. The molecule has 0 fully saturated rings. The summed E-state index contributed by atoms with van der Waals surface area (Å²) in [7, 11) is -9.51. The van der Waals surface area contributed by atoms with Crippen molar-refractivity contribution < 1.29 is 49.5 Å². The maximum absolute atomic E-state index is 14.3. The molecule has 1 aromatic carbocycles. The molecule has 2 rings (SSSR count). The molecular weight excluding hydrogens is 560 g/mol. The van der Waals surface area contributed by atoms with Crippen LogP contribution in [0.4, 0.5) is 22.0 Å². The van der Waals surface area contributed by atoms with Crippen molar-refractivity contribution in [3.8, 4) is 5.75 Å². The van der Waals surface area contributed by atoms with Crippen molar-refractivity contribution >= 4 is 55.0 Å². The van der Waals surface area contributed by atoms with Gasteiger partial charge >= 0.3 is 19.4 Å². The van der Waals surface area contributed by atoms with Crippen molar-refractivity contribution in [1.82, 2.24) is 4.72 Å². The van der Waals surface area contributed by atoms with E-state index in [4.69, 9.17) is 14.5 Å². The predicted octanol–water partition coefficient (Wildman–Crippen LogP) is 4.66. The largest absolute Gasteiger partial charge is 0.492 e. The standard InChI is InChI=1S/C15H16BrF5NO6PS2/c1-31(26,27)22-7-8-5-9-11(16)13(15(20,21)29(23,24)25)30-12(9)10(6-8)28-4-2-3-14(17,18)19/h5-6,22H,2-4,7H2,1H3,(H2,23,24,25). The summed E-state index contributed by atoms with van der Waals surface area (Å²) >= 11 is 3.20. The number of halogens is 6. The molecule has 1 heterocycles. The number of ether oxygens (including phenoxy) is 1. The lowest BCUT2D eigenvalue weighted by atomic mass is 10.1. The fourth-order valence-electron chi connectivity index (χ4n) is 2.40. The summed E-state index contributed by atoms with van der Waals surface area (Å²) in [5.41, 5.74) is -4.30. The fraction of sp³-hybridized carbons (Fsp3) is 0.467. The summed E-state index contributed by atoms with van der Waals surface area (Å²) in [6.45, 7) is -0.697. The molecule has 0 aliphatic heterocycles. The second-order valence-electron chi connectivity index (χ2n) is 6.46. The lowest BCUT2D eigenvalue weighted by molar-refractivity contribution is -0.136. The normalized spacial score (nSPS) is 13.7. The van der Waals surface area contributed by atoms with E-state index in [0.29, 0.717) is 11.3 Å². The first-order valence-electron chi connectivity index (χ1n) is 8.25. The van der Waals surface area contributed by atoms with Gasteiger partial charge in [-0.3, -0.25) is 4.57 Å². The van der Waals surface area contributed by atoms with Crippen molar-refractivity contribution in [2.45, 2.75) is 31.2 Å². The molecule has 16 heteroatoms. The number of thiophene rings is 1. The summed E-state index contributed by atoms with van der Waals surface area (Å²) in [6.07, 6.45) is -5.08. The Hall–Kier alpha value is -0.830. The van der Waals surface area contributed by atoms with Crippen LogP contribution in [0.25, 0.3) is 10.1 Å². The van der Waals surface area contributed by atoms with Gasteiger partial charge in [-0.25, -0.2) is 13.1 Å². The van der Waals surface area contributed by atoms with E-state index >= 15 is 0 Å². The van der Waals surface area contributed by atoms with Crippen molar-refractivity contribution in [2.75, 3.05) is 12.9 Å². The van der Waals surface area contributed by atoms with E-state index < -0.39 is 53.8 Å². The highest BCUT2D eigenvalue weighted by Crippen LogP contribution is 2.63. The van der Waals surface area contributed by atoms with Gasteiger partial charge in [0.25, 0.3) is 0 Å². The van der Waals surface area contributed by atoms with Crippen LogP contribution in [0.1, 0.15) is 23.3 Å². The van der Waals surface area contributed by atoms with E-state index in [1.165, 1.54) is 12.1 Å². The topological polar surface area (TPSA) is 113 Å². The van der Waals surface area contributed by atoms with E-state index in [1.807, 2.05) is 0 Å². The molecule has 7 nitrogen and oxygen atoms in total. The van der Waals surface area contributed by atoms with Crippen LogP contribution in [0.5, 0.6) is 5.75 Å². The Morgan fingerprint density at radius 2 is 1.84 bits per heavy atom.